The fourth-order valence-electron chi connectivity index (χ4n) is 2.42. The van der Waals surface area contributed by atoms with E-state index >= 15 is 0 Å². The number of hydrogen-bond acceptors (Lipinski definition) is 1. The predicted molar refractivity (Wildman–Crippen MR) is 87.7 cm³/mol. The molecule has 0 radical (unpaired) electrons. The lowest BCUT2D eigenvalue weighted by Gasteiger charge is -2.19. The second-order valence-corrected chi connectivity index (χ2v) is 5.87. The van der Waals surface area contributed by atoms with Gasteiger partial charge in [-0.25, -0.2) is 4.39 Å². The Morgan fingerprint density at radius 3 is 2.62 bits per heavy atom. The molecule has 2 aromatic rings. The van der Waals surface area contributed by atoms with Crippen molar-refractivity contribution in [2.75, 3.05) is 6.54 Å². The lowest BCUT2D eigenvalue weighted by molar-refractivity contribution is 0.519. The maximum atomic E-state index is 13.4. The van der Waals surface area contributed by atoms with Gasteiger partial charge in [0.15, 0.2) is 0 Å². The largest absolute Gasteiger partial charge is 0.314 e. The average Bonchev–Trinajstić information content (AvgIpc) is 2.43. The van der Waals surface area contributed by atoms with Crippen LogP contribution in [0.3, 0.4) is 0 Å². The van der Waals surface area contributed by atoms with Crippen LogP contribution in [0.2, 0.25) is 10.0 Å². The summed E-state index contributed by atoms with van der Waals surface area (Å²) in [7, 11) is 0. The number of halogens is 3. The molecule has 0 aromatic heterocycles. The van der Waals surface area contributed by atoms with Gasteiger partial charge in [0.2, 0.25) is 0 Å². The number of rotatable bonds is 6. The van der Waals surface area contributed by atoms with Gasteiger partial charge in [-0.1, -0.05) is 42.3 Å². The summed E-state index contributed by atoms with van der Waals surface area (Å²) >= 11 is 12.2. The van der Waals surface area contributed by atoms with Crippen molar-refractivity contribution >= 4 is 23.2 Å². The van der Waals surface area contributed by atoms with Crippen molar-refractivity contribution < 1.29 is 4.39 Å². The summed E-state index contributed by atoms with van der Waals surface area (Å²) in [5, 5.41) is 4.75. The molecule has 0 saturated heterocycles. The number of benzene rings is 2. The summed E-state index contributed by atoms with van der Waals surface area (Å²) in [6.07, 6.45) is 1.50. The normalized spacial score (nSPS) is 12.4. The zero-order valence-corrected chi connectivity index (χ0v) is 13.4. The molecule has 0 saturated carbocycles. The van der Waals surface area contributed by atoms with Gasteiger partial charge in [-0.15, -0.1) is 0 Å². The number of nitrogens with one attached hydrogen (secondary N) is 1. The standard InChI is InChI=1S/C17H18Cl2FN/c1-2-21-16(9-12-4-3-5-14(18)8-12)11-13-10-15(20)6-7-17(13)19/h3-8,10,16,21H,2,9,11H2,1H3. The highest BCUT2D eigenvalue weighted by molar-refractivity contribution is 6.31. The van der Waals surface area contributed by atoms with Gasteiger partial charge >= 0.3 is 0 Å². The van der Waals surface area contributed by atoms with E-state index in [4.69, 9.17) is 23.2 Å². The van der Waals surface area contributed by atoms with E-state index in [2.05, 4.69) is 12.2 Å². The highest BCUT2D eigenvalue weighted by Crippen LogP contribution is 2.20. The van der Waals surface area contributed by atoms with E-state index in [1.807, 2.05) is 24.3 Å². The Labute approximate surface area is 135 Å². The Balaban J connectivity index is 2.13. The van der Waals surface area contributed by atoms with Gasteiger partial charge in [-0.2, -0.15) is 0 Å². The summed E-state index contributed by atoms with van der Waals surface area (Å²) < 4.78 is 13.4. The van der Waals surface area contributed by atoms with Crippen molar-refractivity contribution in [2.45, 2.75) is 25.8 Å². The van der Waals surface area contributed by atoms with Crippen LogP contribution in [0.25, 0.3) is 0 Å². The monoisotopic (exact) mass is 325 g/mol. The van der Waals surface area contributed by atoms with E-state index < -0.39 is 0 Å². The summed E-state index contributed by atoms with van der Waals surface area (Å²) in [6, 6.07) is 12.5. The zero-order chi connectivity index (χ0) is 15.2. The second-order valence-electron chi connectivity index (χ2n) is 5.03. The second kappa shape index (κ2) is 7.79. The molecule has 2 aromatic carbocycles. The molecule has 1 nitrogen and oxygen atoms in total. The number of likely N-dealkylation sites (N-methyl/N-ethyl adjacent to an activating group) is 1. The molecule has 0 heterocycles. The first-order valence-electron chi connectivity index (χ1n) is 7.00. The molecule has 0 fully saturated rings. The smallest absolute Gasteiger partial charge is 0.123 e. The van der Waals surface area contributed by atoms with E-state index in [0.29, 0.717) is 11.4 Å². The van der Waals surface area contributed by atoms with Crippen molar-refractivity contribution in [3.63, 3.8) is 0 Å². The minimum Gasteiger partial charge on any atom is -0.314 e. The average molecular weight is 326 g/mol. The highest BCUT2D eigenvalue weighted by atomic mass is 35.5. The topological polar surface area (TPSA) is 12.0 Å². The van der Waals surface area contributed by atoms with Crippen LogP contribution in [-0.4, -0.2) is 12.6 Å². The molecule has 2 rings (SSSR count). The first-order chi connectivity index (χ1) is 10.1. The molecule has 1 atom stereocenters. The Bertz CT molecular complexity index is 601. The van der Waals surface area contributed by atoms with Crippen LogP contribution in [-0.2, 0) is 12.8 Å². The van der Waals surface area contributed by atoms with Crippen LogP contribution in [0.1, 0.15) is 18.1 Å². The third-order valence-electron chi connectivity index (χ3n) is 3.34. The van der Waals surface area contributed by atoms with Crippen LogP contribution in [0, 0.1) is 5.82 Å². The fraction of sp³-hybridized carbons (Fsp3) is 0.294. The molecule has 0 bridgehead atoms. The fourth-order valence-corrected chi connectivity index (χ4v) is 2.83. The van der Waals surface area contributed by atoms with Gasteiger partial charge in [0.25, 0.3) is 0 Å². The van der Waals surface area contributed by atoms with Crippen LogP contribution in [0.15, 0.2) is 42.5 Å². The van der Waals surface area contributed by atoms with Crippen molar-refractivity contribution in [3.05, 3.63) is 69.5 Å². The summed E-state index contributed by atoms with van der Waals surface area (Å²) in [6.45, 7) is 2.90. The molecule has 0 aliphatic rings. The van der Waals surface area contributed by atoms with Crippen molar-refractivity contribution in [1.29, 1.82) is 0 Å². The minimum absolute atomic E-state index is 0.188. The molecule has 21 heavy (non-hydrogen) atoms. The Kier molecular flexibility index (Phi) is 6.04. The van der Waals surface area contributed by atoms with Crippen LogP contribution < -0.4 is 5.32 Å². The van der Waals surface area contributed by atoms with Crippen LogP contribution in [0.5, 0.6) is 0 Å². The lowest BCUT2D eigenvalue weighted by Crippen LogP contribution is -2.33. The Hall–Kier alpha value is -1.09. The number of hydrogen-bond donors (Lipinski definition) is 1. The van der Waals surface area contributed by atoms with Gasteiger partial charge in [0.05, 0.1) is 0 Å². The van der Waals surface area contributed by atoms with E-state index in [1.165, 1.54) is 12.1 Å². The molecule has 0 aliphatic heterocycles. The Morgan fingerprint density at radius 1 is 1.10 bits per heavy atom. The zero-order valence-electron chi connectivity index (χ0n) is 11.9. The van der Waals surface area contributed by atoms with Crippen LogP contribution in [0.4, 0.5) is 4.39 Å². The minimum atomic E-state index is -0.257. The molecule has 0 spiro atoms. The highest BCUT2D eigenvalue weighted by Gasteiger charge is 2.12. The van der Waals surface area contributed by atoms with E-state index in [1.54, 1.807) is 6.07 Å². The summed E-state index contributed by atoms with van der Waals surface area (Å²) in [5.74, 6) is -0.257. The molecule has 1 N–H and O–H groups in total. The third kappa shape index (κ3) is 4.99. The Morgan fingerprint density at radius 2 is 1.90 bits per heavy atom. The van der Waals surface area contributed by atoms with Gasteiger partial charge in [0, 0.05) is 16.1 Å². The third-order valence-corrected chi connectivity index (χ3v) is 3.94. The van der Waals surface area contributed by atoms with Gasteiger partial charge in [-0.05, 0) is 60.8 Å². The maximum absolute atomic E-state index is 13.4. The molecular weight excluding hydrogens is 308 g/mol. The predicted octanol–water partition coefficient (Wildman–Crippen LogP) is 4.90. The van der Waals surface area contributed by atoms with Crippen molar-refractivity contribution in [3.8, 4) is 0 Å². The van der Waals surface area contributed by atoms with Gasteiger partial charge in [-0.3, -0.25) is 0 Å². The summed E-state index contributed by atoms with van der Waals surface area (Å²) in [5.41, 5.74) is 1.98. The van der Waals surface area contributed by atoms with E-state index in [9.17, 15) is 4.39 Å². The van der Waals surface area contributed by atoms with Crippen molar-refractivity contribution in [2.24, 2.45) is 0 Å². The van der Waals surface area contributed by atoms with Gasteiger partial charge in [0.1, 0.15) is 5.82 Å². The van der Waals surface area contributed by atoms with Crippen LogP contribution >= 0.6 is 23.2 Å². The molecule has 0 amide bonds. The molecule has 4 heteroatoms. The molecule has 112 valence electrons. The summed E-state index contributed by atoms with van der Waals surface area (Å²) in [4.78, 5) is 0. The first-order valence-corrected chi connectivity index (χ1v) is 7.76. The molecule has 1 unspecified atom stereocenters. The SMILES string of the molecule is CCNC(Cc1cccc(Cl)c1)Cc1cc(F)ccc1Cl. The molecule has 0 aliphatic carbocycles. The quantitative estimate of drug-likeness (QED) is 0.796. The van der Waals surface area contributed by atoms with E-state index in [-0.39, 0.29) is 11.9 Å². The molecular formula is C17H18Cl2FN. The lowest BCUT2D eigenvalue weighted by atomic mass is 9.99. The van der Waals surface area contributed by atoms with Crippen molar-refractivity contribution in [1.82, 2.24) is 5.32 Å². The van der Waals surface area contributed by atoms with E-state index in [0.717, 1.165) is 29.1 Å². The van der Waals surface area contributed by atoms with Gasteiger partial charge < -0.3 is 5.32 Å². The first kappa shape index (κ1) is 16.3. The maximum Gasteiger partial charge on any atom is 0.123 e.